The summed E-state index contributed by atoms with van der Waals surface area (Å²) in [6.07, 6.45) is 3.55. The van der Waals surface area contributed by atoms with Crippen LogP contribution in [0.1, 0.15) is 26.7 Å². The van der Waals surface area contributed by atoms with Gasteiger partial charge in [0.05, 0.1) is 0 Å². The number of nitrogens with zero attached hydrogens (tertiary/aromatic N) is 2. The lowest BCUT2D eigenvalue weighted by Crippen LogP contribution is -2.46. The topological polar surface area (TPSA) is 40.6 Å². The molecule has 1 aromatic rings. The van der Waals surface area contributed by atoms with Gasteiger partial charge in [-0.05, 0) is 38.2 Å². The Balaban J connectivity index is 1.93. The normalized spacial score (nSPS) is 16.7. The number of rotatable bonds is 6. The first-order chi connectivity index (χ1) is 11.6. The van der Waals surface area contributed by atoms with Crippen LogP contribution in [-0.2, 0) is 9.59 Å². The van der Waals surface area contributed by atoms with E-state index in [1.165, 1.54) is 0 Å². The van der Waals surface area contributed by atoms with Crippen LogP contribution in [0, 0.1) is 11.8 Å². The summed E-state index contributed by atoms with van der Waals surface area (Å²) >= 11 is 1.70. The number of hydrogen-bond acceptors (Lipinski definition) is 3. The first-order valence-electron chi connectivity index (χ1n) is 8.72. The SMILES string of the molecule is CCN(C(=O)C1CCN(C(=O)[C@H](C)CSC)CC1)c1ccccc1. The van der Waals surface area contributed by atoms with E-state index in [1.54, 1.807) is 11.8 Å². The van der Waals surface area contributed by atoms with E-state index in [4.69, 9.17) is 0 Å². The molecule has 0 radical (unpaired) electrons. The number of piperidine rings is 1. The lowest BCUT2D eigenvalue weighted by molar-refractivity contribution is -0.137. The van der Waals surface area contributed by atoms with E-state index in [9.17, 15) is 9.59 Å². The molecule has 0 bridgehead atoms. The lowest BCUT2D eigenvalue weighted by Gasteiger charge is -2.35. The predicted octanol–water partition coefficient (Wildman–Crippen LogP) is 3.28. The fourth-order valence-corrected chi connectivity index (χ4v) is 3.92. The third-order valence-corrected chi connectivity index (χ3v) is 5.48. The predicted molar refractivity (Wildman–Crippen MR) is 101 cm³/mol. The van der Waals surface area contributed by atoms with Crippen LogP contribution in [0.15, 0.2) is 30.3 Å². The number of carbonyl (C=O) groups excluding carboxylic acids is 2. The van der Waals surface area contributed by atoms with Crippen molar-refractivity contribution < 1.29 is 9.59 Å². The Morgan fingerprint density at radius 1 is 1.25 bits per heavy atom. The second-order valence-electron chi connectivity index (χ2n) is 6.37. The molecule has 0 N–H and O–H groups in total. The van der Waals surface area contributed by atoms with Gasteiger partial charge in [-0.1, -0.05) is 25.1 Å². The first-order valence-corrected chi connectivity index (χ1v) is 10.1. The van der Waals surface area contributed by atoms with Gasteiger partial charge < -0.3 is 9.80 Å². The zero-order chi connectivity index (χ0) is 17.5. The zero-order valence-corrected chi connectivity index (χ0v) is 15.7. The summed E-state index contributed by atoms with van der Waals surface area (Å²) in [6, 6.07) is 9.83. The number of benzene rings is 1. The van der Waals surface area contributed by atoms with E-state index in [0.717, 1.165) is 24.3 Å². The molecule has 4 nitrogen and oxygen atoms in total. The molecule has 1 aliphatic rings. The Hall–Kier alpha value is -1.49. The number of amides is 2. The monoisotopic (exact) mass is 348 g/mol. The molecule has 0 aromatic heterocycles. The van der Waals surface area contributed by atoms with Gasteiger partial charge in [0.1, 0.15) is 0 Å². The highest BCUT2D eigenvalue weighted by atomic mass is 32.2. The molecular weight excluding hydrogens is 320 g/mol. The first kappa shape index (κ1) is 18.8. The third-order valence-electron chi connectivity index (χ3n) is 4.64. The van der Waals surface area contributed by atoms with Crippen molar-refractivity contribution >= 4 is 29.3 Å². The maximum Gasteiger partial charge on any atom is 0.230 e. The van der Waals surface area contributed by atoms with Gasteiger partial charge in [-0.15, -0.1) is 0 Å². The molecule has 2 rings (SSSR count). The van der Waals surface area contributed by atoms with E-state index < -0.39 is 0 Å². The van der Waals surface area contributed by atoms with Crippen LogP contribution in [0.5, 0.6) is 0 Å². The van der Waals surface area contributed by atoms with Gasteiger partial charge in [0.15, 0.2) is 0 Å². The third kappa shape index (κ3) is 4.53. The van der Waals surface area contributed by atoms with Crippen LogP contribution < -0.4 is 4.90 Å². The maximum absolute atomic E-state index is 12.9. The Morgan fingerprint density at radius 3 is 2.42 bits per heavy atom. The summed E-state index contributed by atoms with van der Waals surface area (Å²) in [4.78, 5) is 29.0. The largest absolute Gasteiger partial charge is 0.342 e. The molecule has 1 aromatic carbocycles. The summed E-state index contributed by atoms with van der Waals surface area (Å²) in [6.45, 7) is 6.06. The maximum atomic E-state index is 12.9. The fraction of sp³-hybridized carbons (Fsp3) is 0.579. The van der Waals surface area contributed by atoms with Crippen LogP contribution in [0.3, 0.4) is 0 Å². The van der Waals surface area contributed by atoms with Gasteiger partial charge in [0.2, 0.25) is 11.8 Å². The van der Waals surface area contributed by atoms with Crippen molar-refractivity contribution in [2.24, 2.45) is 11.8 Å². The minimum absolute atomic E-state index is 0.0186. The number of carbonyl (C=O) groups is 2. The Bertz CT molecular complexity index is 542. The van der Waals surface area contributed by atoms with Crippen molar-refractivity contribution in [3.8, 4) is 0 Å². The molecule has 0 aliphatic carbocycles. The highest BCUT2D eigenvalue weighted by molar-refractivity contribution is 7.98. The van der Waals surface area contributed by atoms with Gasteiger partial charge in [-0.25, -0.2) is 0 Å². The van der Waals surface area contributed by atoms with Crippen LogP contribution in [0.4, 0.5) is 5.69 Å². The molecule has 0 spiro atoms. The lowest BCUT2D eigenvalue weighted by atomic mass is 9.94. The minimum Gasteiger partial charge on any atom is -0.342 e. The van der Waals surface area contributed by atoms with Gasteiger partial charge in [0, 0.05) is 42.9 Å². The van der Waals surface area contributed by atoms with E-state index in [-0.39, 0.29) is 23.7 Å². The number of para-hydroxylation sites is 1. The highest BCUT2D eigenvalue weighted by Gasteiger charge is 2.31. The van der Waals surface area contributed by atoms with Crippen molar-refractivity contribution in [2.75, 3.05) is 36.5 Å². The Kier molecular flexibility index (Phi) is 7.16. The van der Waals surface area contributed by atoms with E-state index >= 15 is 0 Å². The second-order valence-corrected chi connectivity index (χ2v) is 7.28. The van der Waals surface area contributed by atoms with E-state index in [1.807, 2.05) is 60.2 Å². The summed E-state index contributed by atoms with van der Waals surface area (Å²) < 4.78 is 0. The van der Waals surface area contributed by atoms with E-state index in [2.05, 4.69) is 0 Å². The summed E-state index contributed by atoms with van der Waals surface area (Å²) in [7, 11) is 0. The molecule has 0 saturated carbocycles. The summed E-state index contributed by atoms with van der Waals surface area (Å²) in [5.41, 5.74) is 0.956. The standard InChI is InChI=1S/C19H28N2O2S/c1-4-21(17-8-6-5-7-9-17)19(23)16-10-12-20(13-11-16)18(22)15(2)14-24-3/h5-9,15-16H,4,10-14H2,1-3H3/t15-/m1/s1. The molecule has 1 fully saturated rings. The molecule has 1 atom stereocenters. The molecule has 1 aliphatic heterocycles. The van der Waals surface area contributed by atoms with Crippen LogP contribution in [0.2, 0.25) is 0 Å². The number of anilines is 1. The van der Waals surface area contributed by atoms with Gasteiger partial charge in [-0.3, -0.25) is 9.59 Å². The summed E-state index contributed by atoms with van der Waals surface area (Å²) in [5.74, 6) is 1.35. The number of hydrogen-bond donors (Lipinski definition) is 0. The smallest absolute Gasteiger partial charge is 0.230 e. The van der Waals surface area contributed by atoms with Gasteiger partial charge in [0.25, 0.3) is 0 Å². The average Bonchev–Trinajstić information content (AvgIpc) is 2.63. The van der Waals surface area contributed by atoms with Gasteiger partial charge in [-0.2, -0.15) is 11.8 Å². The fourth-order valence-electron chi connectivity index (χ4n) is 3.27. The van der Waals surface area contributed by atoms with Crippen LogP contribution >= 0.6 is 11.8 Å². The Morgan fingerprint density at radius 2 is 1.88 bits per heavy atom. The highest BCUT2D eigenvalue weighted by Crippen LogP contribution is 2.24. The minimum atomic E-state index is 0.0186. The van der Waals surface area contributed by atoms with E-state index in [0.29, 0.717) is 19.6 Å². The van der Waals surface area contributed by atoms with Crippen molar-refractivity contribution in [3.63, 3.8) is 0 Å². The van der Waals surface area contributed by atoms with Crippen molar-refractivity contribution in [3.05, 3.63) is 30.3 Å². The zero-order valence-electron chi connectivity index (χ0n) is 14.9. The summed E-state index contributed by atoms with van der Waals surface area (Å²) in [5, 5.41) is 0. The molecule has 1 heterocycles. The van der Waals surface area contributed by atoms with Crippen LogP contribution in [-0.4, -0.2) is 48.4 Å². The van der Waals surface area contributed by atoms with Crippen molar-refractivity contribution in [1.29, 1.82) is 0 Å². The van der Waals surface area contributed by atoms with Crippen LogP contribution in [0.25, 0.3) is 0 Å². The molecule has 24 heavy (non-hydrogen) atoms. The van der Waals surface area contributed by atoms with Gasteiger partial charge >= 0.3 is 0 Å². The number of likely N-dealkylation sites (tertiary alicyclic amines) is 1. The number of thioether (sulfide) groups is 1. The molecule has 5 heteroatoms. The average molecular weight is 349 g/mol. The molecular formula is C19H28N2O2S. The second kappa shape index (κ2) is 9.11. The quantitative estimate of drug-likeness (QED) is 0.792. The molecule has 0 unspecified atom stereocenters. The molecule has 132 valence electrons. The Labute approximate surface area is 149 Å². The van der Waals surface area contributed by atoms with Crippen molar-refractivity contribution in [2.45, 2.75) is 26.7 Å². The molecule has 2 amide bonds. The molecule has 1 saturated heterocycles. The van der Waals surface area contributed by atoms with Crippen molar-refractivity contribution in [1.82, 2.24) is 4.90 Å².